The van der Waals surface area contributed by atoms with E-state index in [4.69, 9.17) is 5.73 Å². The summed E-state index contributed by atoms with van der Waals surface area (Å²) in [7, 11) is 3.60. The molecule has 0 amide bonds. The number of aryl methyl sites for hydroxylation is 1. The molecule has 0 spiro atoms. The van der Waals surface area contributed by atoms with E-state index in [1.54, 1.807) is 20.2 Å². The number of rotatable bonds is 6. The van der Waals surface area contributed by atoms with Crippen LogP contribution in [-0.4, -0.2) is 75.6 Å². The first-order valence-electron chi connectivity index (χ1n) is 13.1. The number of hydrogen-bond acceptors (Lipinski definition) is 10. The molecule has 1 aromatic rings. The second-order valence-corrected chi connectivity index (χ2v) is 11.9. The molecule has 0 bridgehead atoms. The molecule has 1 aromatic carbocycles. The number of nitrogens with two attached hydrogens (primary N) is 1. The van der Waals surface area contributed by atoms with E-state index < -0.39 is 69.8 Å². The zero-order valence-electron chi connectivity index (χ0n) is 21.8. The van der Waals surface area contributed by atoms with Crippen molar-refractivity contribution in [1.82, 2.24) is 0 Å². The second kappa shape index (κ2) is 8.79. The van der Waals surface area contributed by atoms with Crippen molar-refractivity contribution in [3.05, 3.63) is 22.8 Å². The van der Waals surface area contributed by atoms with Crippen molar-refractivity contribution in [2.75, 3.05) is 19.0 Å². The van der Waals surface area contributed by atoms with Gasteiger partial charge in [0.25, 0.3) is 0 Å². The first-order valence-corrected chi connectivity index (χ1v) is 13.1. The van der Waals surface area contributed by atoms with Crippen molar-refractivity contribution in [2.24, 2.45) is 29.4 Å². The van der Waals surface area contributed by atoms with Crippen molar-refractivity contribution >= 4 is 34.6 Å². The minimum atomic E-state index is -2.60. The van der Waals surface area contributed by atoms with Gasteiger partial charge in [-0.2, -0.15) is 0 Å². The van der Waals surface area contributed by atoms with E-state index in [0.717, 1.165) is 19.8 Å². The maximum absolute atomic E-state index is 13.9. The van der Waals surface area contributed by atoms with E-state index in [1.165, 1.54) is 0 Å². The molecule has 204 valence electrons. The zero-order chi connectivity index (χ0) is 27.9. The molecule has 10 nitrogen and oxygen atoms in total. The number of carbonyl (C=O) groups is 5. The number of benzene rings is 1. The Morgan fingerprint density at radius 3 is 2.39 bits per heavy atom. The molecule has 0 aromatic heterocycles. The minimum Gasteiger partial charge on any atom is -0.507 e. The van der Waals surface area contributed by atoms with E-state index in [-0.39, 0.29) is 43.4 Å². The highest BCUT2D eigenvalue weighted by Gasteiger charge is 2.65. The molecule has 0 aliphatic heterocycles. The van der Waals surface area contributed by atoms with E-state index in [9.17, 15) is 39.3 Å². The average molecular weight is 527 g/mol. The highest BCUT2D eigenvalue weighted by Crippen LogP contribution is 2.51. The molecule has 5 rings (SSSR count). The molecule has 0 heterocycles. The number of phenolic OH excluding ortho intramolecular Hbond substituents is 1. The number of aromatic hydroxyl groups is 1. The van der Waals surface area contributed by atoms with Gasteiger partial charge in [-0.1, -0.05) is 0 Å². The molecule has 3 saturated carbocycles. The van der Waals surface area contributed by atoms with Crippen molar-refractivity contribution in [3.8, 4) is 5.75 Å². The molecule has 5 N–H and O–H groups in total. The van der Waals surface area contributed by atoms with Gasteiger partial charge in [0.15, 0.2) is 28.7 Å². The summed E-state index contributed by atoms with van der Waals surface area (Å²) in [4.78, 5) is 67.2. The van der Waals surface area contributed by atoms with Crippen molar-refractivity contribution < 1.29 is 39.3 Å². The zero-order valence-corrected chi connectivity index (χ0v) is 21.8. The second-order valence-electron chi connectivity index (χ2n) is 11.9. The van der Waals surface area contributed by atoms with Crippen LogP contribution in [0.1, 0.15) is 60.5 Å². The maximum atomic E-state index is 13.9. The van der Waals surface area contributed by atoms with Crippen LogP contribution in [0.5, 0.6) is 5.75 Å². The highest BCUT2D eigenvalue weighted by molar-refractivity contribution is 6.31. The summed E-state index contributed by atoms with van der Waals surface area (Å²) < 4.78 is 0. The number of ketones is 5. The van der Waals surface area contributed by atoms with Gasteiger partial charge >= 0.3 is 0 Å². The third kappa shape index (κ3) is 3.76. The van der Waals surface area contributed by atoms with Gasteiger partial charge in [0.05, 0.1) is 17.6 Å². The highest BCUT2D eigenvalue weighted by atomic mass is 16.3. The average Bonchev–Trinajstić information content (AvgIpc) is 3.58. The van der Waals surface area contributed by atoms with Gasteiger partial charge in [-0.25, -0.2) is 0 Å². The molecule has 3 fully saturated rings. The van der Waals surface area contributed by atoms with Crippen LogP contribution in [0, 0.1) is 23.7 Å². The van der Waals surface area contributed by atoms with Crippen LogP contribution in [-0.2, 0) is 32.0 Å². The molecular weight excluding hydrogens is 492 g/mol. The molecule has 0 saturated heterocycles. The van der Waals surface area contributed by atoms with Crippen LogP contribution in [0.2, 0.25) is 0 Å². The maximum Gasteiger partial charge on any atom is 0.190 e. The fourth-order valence-corrected chi connectivity index (χ4v) is 6.84. The fourth-order valence-electron chi connectivity index (χ4n) is 6.84. The van der Waals surface area contributed by atoms with Gasteiger partial charge in [0.2, 0.25) is 0 Å². The normalized spacial score (nSPS) is 32.3. The summed E-state index contributed by atoms with van der Waals surface area (Å²) in [5.41, 5.74) is 4.54. The molecular formula is C28H34N2O8. The Balaban J connectivity index is 1.54. The standard InChI is InChI=1S/C28H34N2O8/c1-12(31)20-18(32)11-15-8-14-9-16-17(30(2)3)10-13(4-5-19(33)27(29)6-7-27)23(34)22(16)24(35)21(14)26(37)28(15,38)25(20)36/h10,14-15,19-21,33-34,38H,4-9,11,29H2,1-3H3/t14-,15+,19?,20?,21?,28?/m1/s1. The Labute approximate surface area is 220 Å². The first kappa shape index (κ1) is 26.6. The number of phenols is 1. The third-order valence-corrected chi connectivity index (χ3v) is 9.24. The molecule has 4 aliphatic carbocycles. The number of Topliss-reactive ketones (excluding diaryl/α,β-unsaturated/α-hetero) is 5. The van der Waals surface area contributed by atoms with E-state index in [0.29, 0.717) is 16.8 Å². The van der Waals surface area contributed by atoms with E-state index in [1.807, 2.05) is 4.90 Å². The van der Waals surface area contributed by atoms with Gasteiger partial charge in [-0.15, -0.1) is 0 Å². The summed E-state index contributed by atoms with van der Waals surface area (Å²) in [6.07, 6.45) is 1.23. The predicted molar refractivity (Wildman–Crippen MR) is 135 cm³/mol. The molecule has 6 atom stereocenters. The lowest BCUT2D eigenvalue weighted by Crippen LogP contribution is -2.67. The van der Waals surface area contributed by atoms with Crippen LogP contribution in [0.25, 0.3) is 0 Å². The monoisotopic (exact) mass is 526 g/mol. The summed E-state index contributed by atoms with van der Waals surface area (Å²) in [6, 6.07) is 1.77. The Hall–Kier alpha value is -2.95. The first-order chi connectivity index (χ1) is 17.7. The van der Waals surface area contributed by atoms with Gasteiger partial charge in [0.1, 0.15) is 17.5 Å². The van der Waals surface area contributed by atoms with Crippen LogP contribution in [0.4, 0.5) is 5.69 Å². The number of aliphatic hydroxyl groups is 2. The summed E-state index contributed by atoms with van der Waals surface area (Å²) in [5.74, 6) is -9.14. The van der Waals surface area contributed by atoms with Crippen LogP contribution >= 0.6 is 0 Å². The van der Waals surface area contributed by atoms with Gasteiger partial charge in [-0.05, 0) is 68.6 Å². The lowest BCUT2D eigenvalue weighted by atomic mass is 9.53. The number of fused-ring (bicyclic) bond motifs is 3. The third-order valence-electron chi connectivity index (χ3n) is 9.24. The largest absolute Gasteiger partial charge is 0.507 e. The quantitative estimate of drug-likeness (QED) is 0.377. The summed E-state index contributed by atoms with van der Waals surface area (Å²) >= 11 is 0. The summed E-state index contributed by atoms with van der Waals surface area (Å²) in [6.45, 7) is 1.07. The Bertz CT molecular complexity index is 1280. The van der Waals surface area contributed by atoms with E-state index >= 15 is 0 Å². The Morgan fingerprint density at radius 2 is 1.82 bits per heavy atom. The topological polar surface area (TPSA) is 175 Å². The predicted octanol–water partition coefficient (Wildman–Crippen LogP) is 0.281. The van der Waals surface area contributed by atoms with Gasteiger partial charge in [0, 0.05) is 37.7 Å². The summed E-state index contributed by atoms with van der Waals surface area (Å²) in [5, 5.41) is 33.1. The Morgan fingerprint density at radius 1 is 1.16 bits per heavy atom. The molecule has 10 heteroatoms. The van der Waals surface area contributed by atoms with Crippen LogP contribution < -0.4 is 10.6 Å². The van der Waals surface area contributed by atoms with Gasteiger partial charge < -0.3 is 26.0 Å². The van der Waals surface area contributed by atoms with Crippen molar-refractivity contribution in [3.63, 3.8) is 0 Å². The molecule has 0 radical (unpaired) electrons. The molecule has 4 aliphatic rings. The molecule has 4 unspecified atom stereocenters. The minimum absolute atomic E-state index is 0.0197. The van der Waals surface area contributed by atoms with Gasteiger partial charge in [-0.3, -0.25) is 24.0 Å². The number of anilines is 1. The number of aliphatic hydroxyl groups excluding tert-OH is 1. The lowest BCUT2D eigenvalue weighted by molar-refractivity contribution is -0.175. The molecule has 38 heavy (non-hydrogen) atoms. The van der Waals surface area contributed by atoms with Crippen LogP contribution in [0.3, 0.4) is 0 Å². The number of nitrogens with zero attached hydrogens (tertiary/aromatic N) is 1. The fraction of sp³-hybridized carbons (Fsp3) is 0.607. The number of hydrogen-bond donors (Lipinski definition) is 4. The van der Waals surface area contributed by atoms with Crippen molar-refractivity contribution in [1.29, 1.82) is 0 Å². The Kier molecular flexibility index (Phi) is 6.16. The van der Waals surface area contributed by atoms with Crippen molar-refractivity contribution in [2.45, 2.75) is 69.1 Å². The van der Waals surface area contributed by atoms with E-state index in [2.05, 4.69) is 0 Å². The van der Waals surface area contributed by atoms with Crippen LogP contribution in [0.15, 0.2) is 6.07 Å². The SMILES string of the molecule is CC(=O)C1C(=O)C[C@@H]2C[C@@H]3Cc4c(N(C)C)cc(CCC(O)C5(N)CC5)c(O)c4C(=O)C3C(=O)C2(O)C1=O. The lowest BCUT2D eigenvalue weighted by Gasteiger charge is -2.49. The smallest absolute Gasteiger partial charge is 0.190 e. The number of carbonyl (C=O) groups excluding carboxylic acids is 5.